The molecule has 7 heteroatoms. The van der Waals surface area contributed by atoms with E-state index in [-0.39, 0.29) is 24.9 Å². The number of fused-ring (bicyclic) bond motifs is 2. The van der Waals surface area contributed by atoms with Gasteiger partial charge in [0.15, 0.2) is 0 Å². The number of hydrogen-bond donors (Lipinski definition) is 1. The highest BCUT2D eigenvalue weighted by Crippen LogP contribution is 2.29. The summed E-state index contributed by atoms with van der Waals surface area (Å²) in [7, 11) is 1.92. The highest BCUT2D eigenvalue weighted by molar-refractivity contribution is 6.31. The first kappa shape index (κ1) is 17.6. The zero-order valence-corrected chi connectivity index (χ0v) is 14.9. The fourth-order valence-corrected chi connectivity index (χ4v) is 3.75. The quantitative estimate of drug-likeness (QED) is 0.913. The Bertz CT molecular complexity index is 548. The Labute approximate surface area is 142 Å². The van der Waals surface area contributed by atoms with Crippen molar-refractivity contribution < 1.29 is 4.79 Å². The van der Waals surface area contributed by atoms with Gasteiger partial charge in [0.25, 0.3) is 0 Å². The Morgan fingerprint density at radius 1 is 1.36 bits per heavy atom. The van der Waals surface area contributed by atoms with Gasteiger partial charge in [0.1, 0.15) is 6.54 Å². The fraction of sp³-hybridized carbons (Fsp3) is 0.733. The maximum Gasteiger partial charge on any atom is 0.244 e. The third-order valence-electron chi connectivity index (χ3n) is 4.97. The number of hydrogen-bond acceptors (Lipinski definition) is 3. The summed E-state index contributed by atoms with van der Waals surface area (Å²) < 4.78 is 1.71. The summed E-state index contributed by atoms with van der Waals surface area (Å²) in [5.41, 5.74) is 1.64. The van der Waals surface area contributed by atoms with E-state index in [1.807, 2.05) is 25.8 Å². The van der Waals surface area contributed by atoms with Crippen LogP contribution in [-0.4, -0.2) is 45.8 Å². The number of aromatic nitrogens is 2. The predicted octanol–water partition coefficient (Wildman–Crippen LogP) is 2.32. The summed E-state index contributed by atoms with van der Waals surface area (Å²) in [5, 5.41) is 8.61. The third-order valence-corrected chi connectivity index (χ3v) is 5.51. The number of likely N-dealkylation sites (N-methyl/N-ethyl adjacent to an activating group) is 1. The molecule has 5 nitrogen and oxygen atoms in total. The molecule has 1 N–H and O–H groups in total. The first-order valence-electron chi connectivity index (χ1n) is 7.67. The lowest BCUT2D eigenvalue weighted by molar-refractivity contribution is -0.133. The molecule has 1 aromatic rings. The molecule has 0 saturated carbocycles. The van der Waals surface area contributed by atoms with Crippen molar-refractivity contribution in [3.63, 3.8) is 0 Å². The van der Waals surface area contributed by atoms with E-state index in [2.05, 4.69) is 10.4 Å². The molecular formula is C15H24Cl2N4O. The number of nitrogens with zero attached hydrogens (tertiary/aromatic N) is 3. The van der Waals surface area contributed by atoms with E-state index in [1.54, 1.807) is 4.68 Å². The van der Waals surface area contributed by atoms with Gasteiger partial charge in [0.2, 0.25) is 5.91 Å². The molecule has 0 radical (unpaired) electrons. The van der Waals surface area contributed by atoms with Gasteiger partial charge in [-0.25, -0.2) is 0 Å². The Morgan fingerprint density at radius 3 is 2.45 bits per heavy atom. The topological polar surface area (TPSA) is 50.2 Å². The highest BCUT2D eigenvalue weighted by Gasteiger charge is 2.36. The molecule has 2 saturated heterocycles. The number of amides is 1. The van der Waals surface area contributed by atoms with Crippen molar-refractivity contribution in [2.24, 2.45) is 0 Å². The van der Waals surface area contributed by atoms with Crippen LogP contribution in [0.25, 0.3) is 0 Å². The second-order valence-corrected chi connectivity index (χ2v) is 6.79. The van der Waals surface area contributed by atoms with Gasteiger partial charge in [0.05, 0.1) is 16.4 Å². The van der Waals surface area contributed by atoms with Crippen LogP contribution in [0, 0.1) is 13.8 Å². The van der Waals surface area contributed by atoms with E-state index in [1.165, 1.54) is 12.8 Å². The Hall–Kier alpha value is -0.780. The molecule has 2 bridgehead atoms. The van der Waals surface area contributed by atoms with Crippen LogP contribution in [0.1, 0.15) is 37.1 Å². The molecule has 3 rings (SSSR count). The molecule has 3 heterocycles. The number of aryl methyl sites for hydroxylation is 1. The average Bonchev–Trinajstić information content (AvgIpc) is 2.92. The number of carbonyl (C=O) groups is 1. The zero-order valence-electron chi connectivity index (χ0n) is 13.3. The van der Waals surface area contributed by atoms with Crippen LogP contribution in [0.4, 0.5) is 0 Å². The molecule has 2 unspecified atom stereocenters. The van der Waals surface area contributed by atoms with Crippen LogP contribution in [-0.2, 0) is 11.3 Å². The highest BCUT2D eigenvalue weighted by atomic mass is 35.5. The number of halogens is 2. The van der Waals surface area contributed by atoms with Crippen molar-refractivity contribution in [2.45, 2.75) is 64.2 Å². The molecule has 0 spiro atoms. The molecule has 2 fully saturated rings. The smallest absolute Gasteiger partial charge is 0.244 e. The number of rotatable bonds is 3. The summed E-state index contributed by atoms with van der Waals surface area (Å²) in [6, 6.07) is 1.53. The Balaban J connectivity index is 0.00000176. The molecule has 1 aromatic heterocycles. The molecule has 2 aliphatic rings. The average molecular weight is 347 g/mol. The second kappa shape index (κ2) is 6.77. The van der Waals surface area contributed by atoms with Gasteiger partial charge in [-0.2, -0.15) is 5.10 Å². The van der Waals surface area contributed by atoms with E-state index in [4.69, 9.17) is 11.6 Å². The van der Waals surface area contributed by atoms with Crippen LogP contribution in [0.15, 0.2) is 0 Å². The number of carbonyl (C=O) groups excluding carboxylic acids is 1. The maximum atomic E-state index is 12.5. The van der Waals surface area contributed by atoms with Gasteiger partial charge in [-0.1, -0.05) is 11.6 Å². The van der Waals surface area contributed by atoms with Gasteiger partial charge in [-0.3, -0.25) is 9.48 Å². The molecule has 2 aliphatic heterocycles. The molecule has 1 amide bonds. The molecule has 2 atom stereocenters. The number of nitrogens with one attached hydrogen (secondary N) is 1. The standard InChI is InChI=1S/C15H23ClN4O.ClH/c1-9-15(16)10(2)20(18-9)8-14(21)19(3)13-6-11-4-5-12(7-13)17-11;/h11-13,17H,4-8H2,1-3H3;1H. The molecule has 0 aliphatic carbocycles. The van der Waals surface area contributed by atoms with Gasteiger partial charge in [0, 0.05) is 25.2 Å². The zero-order chi connectivity index (χ0) is 15.1. The third kappa shape index (κ3) is 3.26. The molecule has 0 aromatic carbocycles. The van der Waals surface area contributed by atoms with Gasteiger partial charge in [-0.05, 0) is 39.5 Å². The predicted molar refractivity (Wildman–Crippen MR) is 89.7 cm³/mol. The van der Waals surface area contributed by atoms with Gasteiger partial charge in [-0.15, -0.1) is 12.4 Å². The summed E-state index contributed by atoms with van der Waals surface area (Å²) >= 11 is 6.14. The minimum Gasteiger partial charge on any atom is -0.341 e. The van der Waals surface area contributed by atoms with Crippen LogP contribution in [0.2, 0.25) is 5.02 Å². The normalized spacial score (nSPS) is 26.6. The van der Waals surface area contributed by atoms with Crippen LogP contribution < -0.4 is 5.32 Å². The van der Waals surface area contributed by atoms with E-state index < -0.39 is 0 Å². The van der Waals surface area contributed by atoms with Crippen molar-refractivity contribution in [1.29, 1.82) is 0 Å². The van der Waals surface area contributed by atoms with E-state index >= 15 is 0 Å². The maximum absolute atomic E-state index is 12.5. The molecule has 124 valence electrons. The van der Waals surface area contributed by atoms with Crippen molar-refractivity contribution in [2.75, 3.05) is 7.05 Å². The van der Waals surface area contributed by atoms with Crippen LogP contribution in [0.5, 0.6) is 0 Å². The van der Waals surface area contributed by atoms with Crippen molar-refractivity contribution >= 4 is 29.9 Å². The van der Waals surface area contributed by atoms with E-state index in [0.717, 1.165) is 24.2 Å². The summed E-state index contributed by atoms with van der Waals surface area (Å²) in [4.78, 5) is 14.4. The van der Waals surface area contributed by atoms with Crippen molar-refractivity contribution in [3.8, 4) is 0 Å². The second-order valence-electron chi connectivity index (χ2n) is 6.41. The summed E-state index contributed by atoms with van der Waals surface area (Å²) in [6.07, 6.45) is 4.62. The van der Waals surface area contributed by atoms with Gasteiger partial charge >= 0.3 is 0 Å². The van der Waals surface area contributed by atoms with Crippen LogP contribution >= 0.6 is 24.0 Å². The van der Waals surface area contributed by atoms with E-state index in [9.17, 15) is 4.79 Å². The minimum absolute atomic E-state index is 0. The fourth-order valence-electron chi connectivity index (χ4n) is 3.62. The number of piperidine rings is 1. The summed E-state index contributed by atoms with van der Waals surface area (Å²) in [5.74, 6) is 0.114. The van der Waals surface area contributed by atoms with Gasteiger partial charge < -0.3 is 10.2 Å². The first-order chi connectivity index (χ1) is 9.95. The molecule has 22 heavy (non-hydrogen) atoms. The lowest BCUT2D eigenvalue weighted by atomic mass is 9.98. The first-order valence-corrected chi connectivity index (χ1v) is 8.04. The van der Waals surface area contributed by atoms with Crippen molar-refractivity contribution in [1.82, 2.24) is 20.0 Å². The monoisotopic (exact) mass is 346 g/mol. The largest absolute Gasteiger partial charge is 0.341 e. The Kier molecular flexibility index (Phi) is 5.41. The molecular weight excluding hydrogens is 323 g/mol. The SMILES string of the molecule is Cc1nn(CC(=O)N(C)C2CC3CCC(C2)N3)c(C)c1Cl.Cl. The van der Waals surface area contributed by atoms with Crippen LogP contribution in [0.3, 0.4) is 0 Å². The summed E-state index contributed by atoms with van der Waals surface area (Å²) in [6.45, 7) is 4.04. The van der Waals surface area contributed by atoms with E-state index in [0.29, 0.717) is 23.1 Å². The lowest BCUT2D eigenvalue weighted by Crippen LogP contribution is -2.49. The van der Waals surface area contributed by atoms with Crippen molar-refractivity contribution in [3.05, 3.63) is 16.4 Å². The lowest BCUT2D eigenvalue weighted by Gasteiger charge is -2.35. The Morgan fingerprint density at radius 2 is 1.95 bits per heavy atom. The minimum atomic E-state index is 0.